The Morgan fingerprint density at radius 3 is 1.47 bits per heavy atom. The van der Waals surface area contributed by atoms with Crippen LogP contribution >= 0.6 is 7.82 Å². The van der Waals surface area contributed by atoms with E-state index in [1.807, 2.05) is 12.2 Å². The highest BCUT2D eigenvalue weighted by molar-refractivity contribution is 7.47. The van der Waals surface area contributed by atoms with Crippen molar-refractivity contribution >= 4 is 19.8 Å². The van der Waals surface area contributed by atoms with Gasteiger partial charge in [0.1, 0.15) is 12.7 Å². The van der Waals surface area contributed by atoms with E-state index in [-0.39, 0.29) is 19.4 Å². The van der Waals surface area contributed by atoms with Crippen molar-refractivity contribution in [3.63, 3.8) is 0 Å². The van der Waals surface area contributed by atoms with Gasteiger partial charge in [0, 0.05) is 12.8 Å². The third kappa shape index (κ3) is 43.1. The maximum absolute atomic E-state index is 12.6. The highest BCUT2D eigenvalue weighted by Crippen LogP contribution is 2.43. The highest BCUT2D eigenvalue weighted by Gasteiger charge is 2.27. The molecule has 0 amide bonds. The van der Waals surface area contributed by atoms with Gasteiger partial charge in [0.2, 0.25) is 0 Å². The molecule has 2 unspecified atom stereocenters. The van der Waals surface area contributed by atoms with Crippen LogP contribution in [0.5, 0.6) is 0 Å². The molecular weight excluding hydrogens is 767 g/mol. The number of esters is 2. The Hall–Kier alpha value is -2.85. The van der Waals surface area contributed by atoms with Crippen LogP contribution in [0.1, 0.15) is 168 Å². The third-order valence-corrected chi connectivity index (χ3v) is 10.00. The Kier molecular flexibility index (Phi) is 41.2. The van der Waals surface area contributed by atoms with Crippen LogP contribution in [0.3, 0.4) is 0 Å². The van der Waals surface area contributed by atoms with Gasteiger partial charge < -0.3 is 24.6 Å². The summed E-state index contributed by atoms with van der Waals surface area (Å²) in [6, 6.07) is 0. The SMILES string of the molecule is CC/C=C/C/C=C/C/C=C/C/C=C/C/C=C/CCCCCCCCCC(=O)OCC(COP(=O)(O)OC[C@H](O)CO)OC(=O)CC/C=C/C/C=C/CCCCCCCC. The lowest BCUT2D eigenvalue weighted by Crippen LogP contribution is -2.29. The van der Waals surface area contributed by atoms with Crippen molar-refractivity contribution in [2.45, 2.75) is 180 Å². The first kappa shape index (κ1) is 56.1. The molecule has 0 spiro atoms. The summed E-state index contributed by atoms with van der Waals surface area (Å²) < 4.78 is 32.6. The second kappa shape index (κ2) is 43.2. The first-order valence-electron chi connectivity index (χ1n) is 22.5. The molecule has 59 heavy (non-hydrogen) atoms. The number of carbonyl (C=O) groups excluding carboxylic acids is 2. The molecule has 0 aromatic heterocycles. The van der Waals surface area contributed by atoms with Crippen molar-refractivity contribution in [1.82, 2.24) is 0 Å². The fourth-order valence-electron chi connectivity index (χ4n) is 5.60. The van der Waals surface area contributed by atoms with Crippen LogP contribution < -0.4 is 0 Å². The van der Waals surface area contributed by atoms with E-state index in [4.69, 9.17) is 19.1 Å². The van der Waals surface area contributed by atoms with E-state index in [1.54, 1.807) is 0 Å². The molecule has 3 atom stereocenters. The van der Waals surface area contributed by atoms with Crippen molar-refractivity contribution in [3.05, 3.63) is 85.1 Å². The maximum Gasteiger partial charge on any atom is 0.472 e. The van der Waals surface area contributed by atoms with Crippen LogP contribution in [0.4, 0.5) is 0 Å². The largest absolute Gasteiger partial charge is 0.472 e. The molecule has 0 aromatic rings. The van der Waals surface area contributed by atoms with Crippen LogP contribution in [0.2, 0.25) is 0 Å². The zero-order chi connectivity index (χ0) is 43.3. The quantitative estimate of drug-likeness (QED) is 0.0235. The lowest BCUT2D eigenvalue weighted by molar-refractivity contribution is -0.161. The predicted octanol–water partition coefficient (Wildman–Crippen LogP) is 12.2. The van der Waals surface area contributed by atoms with Gasteiger partial charge >= 0.3 is 19.8 Å². The molecule has 11 heteroatoms. The van der Waals surface area contributed by atoms with Crippen molar-refractivity contribution in [2.75, 3.05) is 26.4 Å². The van der Waals surface area contributed by atoms with Gasteiger partial charge in [0.05, 0.1) is 19.8 Å². The topological polar surface area (TPSA) is 149 Å². The van der Waals surface area contributed by atoms with Gasteiger partial charge in [-0.3, -0.25) is 18.6 Å². The summed E-state index contributed by atoms with van der Waals surface area (Å²) in [4.78, 5) is 35.0. The zero-order valence-electron chi connectivity index (χ0n) is 36.7. The van der Waals surface area contributed by atoms with Gasteiger partial charge in [0.25, 0.3) is 0 Å². The maximum atomic E-state index is 12.6. The fraction of sp³-hybridized carbons (Fsp3) is 0.667. The number of aliphatic hydroxyl groups excluding tert-OH is 2. The second-order valence-electron chi connectivity index (χ2n) is 14.7. The summed E-state index contributed by atoms with van der Waals surface area (Å²) in [6.07, 6.45) is 51.4. The Morgan fingerprint density at radius 2 is 0.966 bits per heavy atom. The van der Waals surface area contributed by atoms with Gasteiger partial charge in [0.15, 0.2) is 6.10 Å². The van der Waals surface area contributed by atoms with E-state index in [0.29, 0.717) is 12.8 Å². The van der Waals surface area contributed by atoms with Gasteiger partial charge in [-0.05, 0) is 77.0 Å². The first-order chi connectivity index (χ1) is 28.7. The smallest absolute Gasteiger partial charge is 0.462 e. The molecule has 0 bridgehead atoms. The molecular formula is C48H81O10P. The van der Waals surface area contributed by atoms with E-state index >= 15 is 0 Å². The monoisotopic (exact) mass is 849 g/mol. The van der Waals surface area contributed by atoms with Crippen LogP contribution in [-0.2, 0) is 32.7 Å². The number of ether oxygens (including phenoxy) is 2. The van der Waals surface area contributed by atoms with E-state index in [0.717, 1.165) is 77.0 Å². The number of unbranched alkanes of at least 4 members (excludes halogenated alkanes) is 13. The fourth-order valence-corrected chi connectivity index (χ4v) is 6.39. The number of rotatable bonds is 41. The molecule has 0 radical (unpaired) electrons. The van der Waals surface area contributed by atoms with E-state index in [2.05, 4.69) is 91.3 Å². The highest BCUT2D eigenvalue weighted by atomic mass is 31.2. The van der Waals surface area contributed by atoms with E-state index in [9.17, 15) is 24.2 Å². The van der Waals surface area contributed by atoms with E-state index in [1.165, 1.54) is 51.4 Å². The predicted molar refractivity (Wildman–Crippen MR) is 242 cm³/mol. The Labute approximate surface area is 358 Å². The number of allylic oxidation sites excluding steroid dienone is 14. The molecule has 0 saturated heterocycles. The molecule has 0 heterocycles. The molecule has 3 N–H and O–H groups in total. The molecule has 0 aliphatic heterocycles. The summed E-state index contributed by atoms with van der Waals surface area (Å²) in [6.45, 7) is 2.16. The lowest BCUT2D eigenvalue weighted by Gasteiger charge is -2.20. The number of aliphatic hydroxyl groups is 2. The number of phosphoric acid groups is 1. The molecule has 0 aliphatic carbocycles. The molecule has 10 nitrogen and oxygen atoms in total. The van der Waals surface area contributed by atoms with E-state index < -0.39 is 51.8 Å². The number of hydrogen-bond acceptors (Lipinski definition) is 9. The van der Waals surface area contributed by atoms with Gasteiger partial charge in [-0.1, -0.05) is 163 Å². The number of phosphoric ester groups is 1. The van der Waals surface area contributed by atoms with Gasteiger partial charge in [-0.2, -0.15) is 0 Å². The normalized spacial score (nSPS) is 14.6. The van der Waals surface area contributed by atoms with Crippen molar-refractivity contribution in [3.8, 4) is 0 Å². The van der Waals surface area contributed by atoms with Gasteiger partial charge in [-0.15, -0.1) is 0 Å². The van der Waals surface area contributed by atoms with Crippen molar-refractivity contribution in [1.29, 1.82) is 0 Å². The Balaban J connectivity index is 4.31. The van der Waals surface area contributed by atoms with Crippen molar-refractivity contribution in [2.24, 2.45) is 0 Å². The first-order valence-corrected chi connectivity index (χ1v) is 24.0. The Morgan fingerprint density at radius 1 is 0.525 bits per heavy atom. The van der Waals surface area contributed by atoms with Crippen molar-refractivity contribution < 1.29 is 47.8 Å². The third-order valence-electron chi connectivity index (χ3n) is 9.05. The van der Waals surface area contributed by atoms with Crippen LogP contribution in [0.25, 0.3) is 0 Å². The minimum atomic E-state index is -4.64. The zero-order valence-corrected chi connectivity index (χ0v) is 37.6. The molecule has 0 aliphatic rings. The molecule has 0 saturated carbocycles. The summed E-state index contributed by atoms with van der Waals surface area (Å²) >= 11 is 0. The second-order valence-corrected chi connectivity index (χ2v) is 16.1. The molecule has 338 valence electrons. The average molecular weight is 849 g/mol. The Bertz CT molecular complexity index is 1250. The van der Waals surface area contributed by atoms with Crippen LogP contribution in [0, 0.1) is 0 Å². The minimum Gasteiger partial charge on any atom is -0.462 e. The van der Waals surface area contributed by atoms with Gasteiger partial charge in [-0.25, -0.2) is 4.57 Å². The number of hydrogen-bond donors (Lipinski definition) is 3. The van der Waals surface area contributed by atoms with Crippen LogP contribution in [-0.4, -0.2) is 65.7 Å². The number of carbonyl (C=O) groups is 2. The minimum absolute atomic E-state index is 0.0712. The summed E-state index contributed by atoms with van der Waals surface area (Å²) in [5.41, 5.74) is 0. The summed E-state index contributed by atoms with van der Waals surface area (Å²) in [5, 5.41) is 18.3. The summed E-state index contributed by atoms with van der Waals surface area (Å²) in [7, 11) is -4.64. The standard InChI is InChI=1S/C48H81O10P/c1-3-5-7-9-11-13-15-17-18-19-20-21-22-23-24-25-26-28-29-31-33-35-37-39-47(51)55-43-46(44-57-59(53,54)56-42-45(50)41-49)58-48(52)40-38-36-34-32-30-27-16-14-12-10-8-6-4-2/h5,7,11,13,17-18,20-21,23-24,27,30,34,36,45-46,49-50H,3-4,6,8-10,12,14-16,19,22,25-26,28-29,31-33,35,37-44H2,1-2H3,(H,53,54)/b7-5+,13-11+,18-17+,21-20+,24-23+,30-27+,36-34+/t45-,46?/m1/s1. The molecule has 0 rings (SSSR count). The summed E-state index contributed by atoms with van der Waals surface area (Å²) in [5.74, 6) is -1.02. The lowest BCUT2D eigenvalue weighted by atomic mass is 10.1. The average Bonchev–Trinajstić information content (AvgIpc) is 3.22. The molecule has 0 fully saturated rings. The van der Waals surface area contributed by atoms with Crippen LogP contribution in [0.15, 0.2) is 85.1 Å². The molecule has 0 aromatic carbocycles.